The van der Waals surface area contributed by atoms with Crippen LogP contribution >= 0.6 is 0 Å². The second kappa shape index (κ2) is 11.6. The molecule has 1 aliphatic rings. The molecule has 2 amide bonds. The van der Waals surface area contributed by atoms with Crippen LogP contribution in [0.3, 0.4) is 0 Å². The molecule has 1 aliphatic heterocycles. The van der Waals surface area contributed by atoms with Gasteiger partial charge < -0.3 is 10.2 Å². The molecule has 0 aromatic rings. The second-order valence-electron chi connectivity index (χ2n) is 6.06. The molecule has 122 valence electrons. The fourth-order valence-electron chi connectivity index (χ4n) is 2.77. The summed E-state index contributed by atoms with van der Waals surface area (Å²) in [5.41, 5.74) is 0. The molecule has 0 atom stereocenters. The third kappa shape index (κ3) is 8.74. The molecule has 0 aromatic carbocycles. The zero-order valence-corrected chi connectivity index (χ0v) is 13.7. The summed E-state index contributed by atoms with van der Waals surface area (Å²) in [5.74, 6) is 0.431. The average Bonchev–Trinajstić information content (AvgIpc) is 2.88. The van der Waals surface area contributed by atoms with E-state index >= 15 is 0 Å². The lowest BCUT2D eigenvalue weighted by Gasteiger charge is -2.15. The first-order valence-electron chi connectivity index (χ1n) is 8.78. The van der Waals surface area contributed by atoms with E-state index in [-0.39, 0.29) is 11.8 Å². The number of nitrogens with zero attached hydrogens (tertiary/aromatic N) is 1. The minimum Gasteiger partial charge on any atom is -0.356 e. The van der Waals surface area contributed by atoms with E-state index in [1.54, 1.807) is 0 Å². The molecule has 1 heterocycles. The number of hydrogen-bond acceptors (Lipinski definition) is 2. The van der Waals surface area contributed by atoms with Crippen molar-refractivity contribution < 1.29 is 9.59 Å². The Balaban J connectivity index is 1.86. The summed E-state index contributed by atoms with van der Waals surface area (Å²) in [5, 5.41) is 2.96. The van der Waals surface area contributed by atoms with Crippen molar-refractivity contribution in [2.45, 2.75) is 77.6 Å². The van der Waals surface area contributed by atoms with Crippen LogP contribution in [0, 0.1) is 0 Å². The molecule has 0 saturated carbocycles. The normalized spacial score (nSPS) is 14.7. The zero-order chi connectivity index (χ0) is 15.3. The lowest BCUT2D eigenvalue weighted by Crippen LogP contribution is -2.30. The second-order valence-corrected chi connectivity index (χ2v) is 6.06. The molecule has 1 fully saturated rings. The summed E-state index contributed by atoms with van der Waals surface area (Å²) < 4.78 is 0. The molecule has 4 nitrogen and oxygen atoms in total. The Kier molecular flexibility index (Phi) is 9.92. The highest BCUT2D eigenvalue weighted by Gasteiger charge is 2.18. The molecule has 0 radical (unpaired) electrons. The molecule has 0 bridgehead atoms. The van der Waals surface area contributed by atoms with Crippen molar-refractivity contribution in [3.63, 3.8) is 0 Å². The van der Waals surface area contributed by atoms with Crippen LogP contribution in [0.2, 0.25) is 0 Å². The third-order valence-corrected chi connectivity index (χ3v) is 4.11. The van der Waals surface area contributed by atoms with Crippen LogP contribution in [-0.2, 0) is 9.59 Å². The predicted molar refractivity (Wildman–Crippen MR) is 86.1 cm³/mol. The predicted octanol–water partition coefficient (Wildman–Crippen LogP) is 3.26. The topological polar surface area (TPSA) is 49.4 Å². The van der Waals surface area contributed by atoms with Crippen LogP contribution in [0.25, 0.3) is 0 Å². The van der Waals surface area contributed by atoms with E-state index in [2.05, 4.69) is 12.2 Å². The highest BCUT2D eigenvalue weighted by Crippen LogP contribution is 2.10. The van der Waals surface area contributed by atoms with Gasteiger partial charge in [-0.2, -0.15) is 0 Å². The number of unbranched alkanes of at least 4 members (excludes halogenated alkanes) is 6. The Morgan fingerprint density at radius 2 is 1.81 bits per heavy atom. The Morgan fingerprint density at radius 3 is 2.48 bits per heavy atom. The van der Waals surface area contributed by atoms with Gasteiger partial charge in [0.1, 0.15) is 0 Å². The van der Waals surface area contributed by atoms with Gasteiger partial charge in [0, 0.05) is 32.5 Å². The summed E-state index contributed by atoms with van der Waals surface area (Å²) in [7, 11) is 0. The average molecular weight is 296 g/mol. The molecular formula is C17H32N2O2. The summed E-state index contributed by atoms with van der Waals surface area (Å²) in [4.78, 5) is 25.0. The van der Waals surface area contributed by atoms with Crippen molar-refractivity contribution in [3.05, 3.63) is 0 Å². The number of hydrogen-bond donors (Lipinski definition) is 1. The van der Waals surface area contributed by atoms with Gasteiger partial charge >= 0.3 is 0 Å². The van der Waals surface area contributed by atoms with E-state index in [0.29, 0.717) is 19.4 Å². The summed E-state index contributed by atoms with van der Waals surface area (Å²) in [6.07, 6.45) is 11.9. The SMILES string of the molecule is CCCCCCCCCC(=O)NCCCN1CCCC1=O. The first-order valence-corrected chi connectivity index (χ1v) is 8.78. The van der Waals surface area contributed by atoms with Crippen LogP contribution in [-0.4, -0.2) is 36.3 Å². The smallest absolute Gasteiger partial charge is 0.222 e. The molecule has 21 heavy (non-hydrogen) atoms. The third-order valence-electron chi connectivity index (χ3n) is 4.11. The van der Waals surface area contributed by atoms with Crippen LogP contribution in [0.4, 0.5) is 0 Å². The van der Waals surface area contributed by atoms with E-state index in [1.165, 1.54) is 38.5 Å². The van der Waals surface area contributed by atoms with Crippen molar-refractivity contribution in [1.82, 2.24) is 10.2 Å². The van der Waals surface area contributed by atoms with E-state index in [0.717, 1.165) is 32.4 Å². The van der Waals surface area contributed by atoms with Gasteiger partial charge in [-0.25, -0.2) is 0 Å². The number of likely N-dealkylation sites (tertiary alicyclic amines) is 1. The summed E-state index contributed by atoms with van der Waals surface area (Å²) in [6.45, 7) is 4.60. The van der Waals surface area contributed by atoms with Crippen molar-refractivity contribution in [2.75, 3.05) is 19.6 Å². The molecule has 4 heteroatoms. The number of amides is 2. The minimum absolute atomic E-state index is 0.163. The van der Waals surface area contributed by atoms with Gasteiger partial charge in [0.25, 0.3) is 0 Å². The maximum Gasteiger partial charge on any atom is 0.222 e. The molecule has 1 N–H and O–H groups in total. The maximum atomic E-state index is 11.6. The molecular weight excluding hydrogens is 264 g/mol. The van der Waals surface area contributed by atoms with Crippen molar-refractivity contribution in [2.24, 2.45) is 0 Å². The summed E-state index contributed by atoms with van der Waals surface area (Å²) >= 11 is 0. The molecule has 1 rings (SSSR count). The minimum atomic E-state index is 0.163. The van der Waals surface area contributed by atoms with E-state index in [4.69, 9.17) is 0 Å². The Labute approximate surface area is 129 Å². The Hall–Kier alpha value is -1.06. The molecule has 0 aromatic heterocycles. The first-order chi connectivity index (χ1) is 10.2. The van der Waals surface area contributed by atoms with Gasteiger partial charge in [-0.15, -0.1) is 0 Å². The standard InChI is InChI=1S/C17H32N2O2/c1-2-3-4-5-6-7-8-11-16(20)18-13-10-15-19-14-9-12-17(19)21/h2-15H2,1H3,(H,18,20). The lowest BCUT2D eigenvalue weighted by molar-refractivity contribution is -0.127. The fraction of sp³-hybridized carbons (Fsp3) is 0.882. The number of nitrogens with one attached hydrogen (secondary N) is 1. The molecule has 0 aliphatic carbocycles. The molecule has 0 unspecified atom stereocenters. The zero-order valence-electron chi connectivity index (χ0n) is 13.7. The van der Waals surface area contributed by atoms with Crippen molar-refractivity contribution in [3.8, 4) is 0 Å². The van der Waals surface area contributed by atoms with Gasteiger partial charge in [-0.05, 0) is 19.3 Å². The van der Waals surface area contributed by atoms with Crippen LogP contribution < -0.4 is 5.32 Å². The number of carbonyl (C=O) groups excluding carboxylic acids is 2. The van der Waals surface area contributed by atoms with Crippen molar-refractivity contribution in [1.29, 1.82) is 0 Å². The number of rotatable bonds is 12. The van der Waals surface area contributed by atoms with Gasteiger partial charge in [-0.3, -0.25) is 9.59 Å². The van der Waals surface area contributed by atoms with Crippen LogP contribution in [0.15, 0.2) is 0 Å². The largest absolute Gasteiger partial charge is 0.356 e. The monoisotopic (exact) mass is 296 g/mol. The van der Waals surface area contributed by atoms with Crippen LogP contribution in [0.1, 0.15) is 77.6 Å². The maximum absolute atomic E-state index is 11.6. The Bertz CT molecular complexity index is 305. The fourth-order valence-corrected chi connectivity index (χ4v) is 2.77. The number of carbonyl (C=O) groups is 2. The highest BCUT2D eigenvalue weighted by molar-refractivity contribution is 5.78. The van der Waals surface area contributed by atoms with Gasteiger partial charge in [0.2, 0.25) is 11.8 Å². The van der Waals surface area contributed by atoms with E-state index < -0.39 is 0 Å². The van der Waals surface area contributed by atoms with Gasteiger partial charge in [0.05, 0.1) is 0 Å². The lowest BCUT2D eigenvalue weighted by atomic mass is 10.1. The first kappa shape index (κ1) is 18.0. The van der Waals surface area contributed by atoms with Gasteiger partial charge in [-0.1, -0.05) is 45.4 Å². The van der Waals surface area contributed by atoms with E-state index in [1.807, 2.05) is 4.90 Å². The quantitative estimate of drug-likeness (QED) is 0.562. The molecule has 1 saturated heterocycles. The van der Waals surface area contributed by atoms with Crippen LogP contribution in [0.5, 0.6) is 0 Å². The summed E-state index contributed by atoms with van der Waals surface area (Å²) in [6, 6.07) is 0. The highest BCUT2D eigenvalue weighted by atomic mass is 16.2. The van der Waals surface area contributed by atoms with E-state index in [9.17, 15) is 9.59 Å². The molecule has 0 spiro atoms. The van der Waals surface area contributed by atoms with Gasteiger partial charge in [0.15, 0.2) is 0 Å². The van der Waals surface area contributed by atoms with Crippen molar-refractivity contribution >= 4 is 11.8 Å². The Morgan fingerprint density at radius 1 is 1.10 bits per heavy atom.